The number of ether oxygens (including phenoxy) is 1. The molecule has 0 bridgehead atoms. The number of fused-ring (bicyclic) bond motifs is 5. The van der Waals surface area contributed by atoms with Gasteiger partial charge in [-0.1, -0.05) is 18.2 Å². The van der Waals surface area contributed by atoms with Gasteiger partial charge in [0.2, 0.25) is 0 Å². The molecule has 0 saturated heterocycles. The average molecular weight is 278 g/mol. The van der Waals surface area contributed by atoms with E-state index in [4.69, 9.17) is 4.74 Å². The van der Waals surface area contributed by atoms with E-state index in [1.807, 2.05) is 49.5 Å². The summed E-state index contributed by atoms with van der Waals surface area (Å²) in [6, 6.07) is 13.5. The standard InChI is InChI=1S/C17H14N2O2/c1-19-16-13-9-10(21-2)7-8-14(13)18-15(16)11-5-3-4-6-12(11)17(19)20/h3-9,18H,1-2H3. The molecule has 104 valence electrons. The molecule has 0 unspecified atom stereocenters. The highest BCUT2D eigenvalue weighted by Gasteiger charge is 2.13. The van der Waals surface area contributed by atoms with Gasteiger partial charge in [0.1, 0.15) is 5.75 Å². The van der Waals surface area contributed by atoms with Crippen LogP contribution in [0, 0.1) is 0 Å². The highest BCUT2D eigenvalue weighted by atomic mass is 16.5. The molecule has 21 heavy (non-hydrogen) atoms. The number of aromatic nitrogens is 2. The minimum Gasteiger partial charge on any atom is -0.497 e. The molecule has 4 nitrogen and oxygen atoms in total. The third kappa shape index (κ3) is 1.53. The van der Waals surface area contributed by atoms with Crippen LogP contribution in [-0.2, 0) is 7.05 Å². The molecule has 4 heteroatoms. The summed E-state index contributed by atoms with van der Waals surface area (Å²) in [5.41, 5.74) is 2.91. The highest BCUT2D eigenvalue weighted by molar-refractivity contribution is 6.15. The van der Waals surface area contributed by atoms with E-state index in [9.17, 15) is 4.79 Å². The maximum absolute atomic E-state index is 12.6. The molecule has 0 radical (unpaired) electrons. The van der Waals surface area contributed by atoms with E-state index < -0.39 is 0 Å². The van der Waals surface area contributed by atoms with Crippen molar-refractivity contribution < 1.29 is 4.74 Å². The van der Waals surface area contributed by atoms with E-state index in [1.54, 1.807) is 11.7 Å². The lowest BCUT2D eigenvalue weighted by molar-refractivity contribution is 0.415. The molecule has 0 atom stereocenters. The van der Waals surface area contributed by atoms with E-state index in [0.717, 1.165) is 38.5 Å². The maximum Gasteiger partial charge on any atom is 0.258 e. The molecule has 0 aliphatic carbocycles. The Morgan fingerprint density at radius 2 is 1.81 bits per heavy atom. The van der Waals surface area contributed by atoms with Crippen LogP contribution >= 0.6 is 0 Å². The minimum absolute atomic E-state index is 0.0156. The number of rotatable bonds is 1. The smallest absolute Gasteiger partial charge is 0.258 e. The van der Waals surface area contributed by atoms with Gasteiger partial charge in [0.25, 0.3) is 5.56 Å². The molecule has 4 rings (SSSR count). The third-order valence-electron chi connectivity index (χ3n) is 4.05. The normalized spacial score (nSPS) is 11.5. The number of hydrogen-bond donors (Lipinski definition) is 1. The van der Waals surface area contributed by atoms with E-state index >= 15 is 0 Å². The van der Waals surface area contributed by atoms with Crippen molar-refractivity contribution in [1.29, 1.82) is 0 Å². The van der Waals surface area contributed by atoms with Gasteiger partial charge < -0.3 is 14.3 Å². The van der Waals surface area contributed by atoms with Gasteiger partial charge in [-0.2, -0.15) is 0 Å². The number of pyridine rings is 1. The van der Waals surface area contributed by atoms with E-state index in [0.29, 0.717) is 0 Å². The second-order valence-corrected chi connectivity index (χ2v) is 5.17. The van der Waals surface area contributed by atoms with E-state index in [-0.39, 0.29) is 5.56 Å². The summed E-state index contributed by atoms with van der Waals surface area (Å²) in [5, 5.41) is 2.67. The van der Waals surface area contributed by atoms with Crippen LogP contribution in [0.4, 0.5) is 0 Å². The summed E-state index contributed by atoms with van der Waals surface area (Å²) < 4.78 is 7.00. The van der Waals surface area contributed by atoms with Crippen LogP contribution in [0.3, 0.4) is 0 Å². The van der Waals surface area contributed by atoms with Gasteiger partial charge in [0, 0.05) is 28.7 Å². The molecule has 1 N–H and O–H groups in total. The number of H-pyrrole nitrogens is 1. The quantitative estimate of drug-likeness (QED) is 0.581. The van der Waals surface area contributed by atoms with Crippen LogP contribution < -0.4 is 10.3 Å². The van der Waals surface area contributed by atoms with Crippen molar-refractivity contribution in [3.63, 3.8) is 0 Å². The summed E-state index contributed by atoms with van der Waals surface area (Å²) in [6.45, 7) is 0. The Hall–Kier alpha value is -2.75. The second-order valence-electron chi connectivity index (χ2n) is 5.17. The topological polar surface area (TPSA) is 47.0 Å². The number of aryl methyl sites for hydroxylation is 1. The first-order valence-corrected chi connectivity index (χ1v) is 6.78. The number of benzene rings is 2. The fraction of sp³-hybridized carbons (Fsp3) is 0.118. The molecule has 0 aliphatic rings. The van der Waals surface area contributed by atoms with Crippen LogP contribution in [0.2, 0.25) is 0 Å². The molecule has 2 aromatic carbocycles. The Bertz CT molecular complexity index is 1060. The van der Waals surface area contributed by atoms with Gasteiger partial charge in [-0.3, -0.25) is 4.79 Å². The first kappa shape index (κ1) is 12.0. The molecule has 0 aliphatic heterocycles. The molecule has 0 amide bonds. The maximum atomic E-state index is 12.6. The summed E-state index contributed by atoms with van der Waals surface area (Å²) in [7, 11) is 3.45. The number of hydrogen-bond acceptors (Lipinski definition) is 2. The molecule has 0 fully saturated rings. The minimum atomic E-state index is 0.0156. The average Bonchev–Trinajstić information content (AvgIpc) is 2.91. The Labute approximate surface area is 120 Å². The van der Waals surface area contributed by atoms with Crippen molar-refractivity contribution in [3.05, 3.63) is 52.8 Å². The van der Waals surface area contributed by atoms with Gasteiger partial charge in [-0.05, 0) is 24.3 Å². The van der Waals surface area contributed by atoms with Crippen LogP contribution in [0.15, 0.2) is 47.3 Å². The van der Waals surface area contributed by atoms with Gasteiger partial charge >= 0.3 is 0 Å². The lowest BCUT2D eigenvalue weighted by Crippen LogP contribution is -2.16. The van der Waals surface area contributed by atoms with Crippen molar-refractivity contribution in [2.45, 2.75) is 0 Å². The Kier molecular flexibility index (Phi) is 2.36. The molecule has 4 aromatic rings. The van der Waals surface area contributed by atoms with Crippen molar-refractivity contribution >= 4 is 32.7 Å². The predicted molar refractivity (Wildman–Crippen MR) is 85.1 cm³/mol. The monoisotopic (exact) mass is 278 g/mol. The molecular weight excluding hydrogens is 264 g/mol. The van der Waals surface area contributed by atoms with Gasteiger partial charge in [0.05, 0.1) is 18.1 Å². The van der Waals surface area contributed by atoms with Crippen LogP contribution in [0.1, 0.15) is 0 Å². The van der Waals surface area contributed by atoms with Gasteiger partial charge in [-0.25, -0.2) is 0 Å². The number of methoxy groups -OCH3 is 1. The van der Waals surface area contributed by atoms with E-state index in [2.05, 4.69) is 4.98 Å². The van der Waals surface area contributed by atoms with Gasteiger partial charge in [-0.15, -0.1) is 0 Å². The molecule has 2 heterocycles. The predicted octanol–water partition coefficient (Wildman–Crippen LogP) is 3.18. The molecular formula is C17H14N2O2. The Morgan fingerprint density at radius 1 is 1.05 bits per heavy atom. The van der Waals surface area contributed by atoms with Crippen LogP contribution in [-0.4, -0.2) is 16.7 Å². The summed E-state index contributed by atoms with van der Waals surface area (Å²) in [6.07, 6.45) is 0. The SMILES string of the molecule is COc1ccc2[nH]c3c4ccccc4c(=O)n(C)c3c2c1. The molecule has 0 spiro atoms. The van der Waals surface area contributed by atoms with Crippen molar-refractivity contribution in [1.82, 2.24) is 9.55 Å². The third-order valence-corrected chi connectivity index (χ3v) is 4.05. The zero-order chi connectivity index (χ0) is 14.6. The first-order chi connectivity index (χ1) is 10.2. The number of nitrogens with zero attached hydrogens (tertiary/aromatic N) is 1. The Morgan fingerprint density at radius 3 is 2.57 bits per heavy atom. The molecule has 0 saturated carbocycles. The zero-order valence-corrected chi connectivity index (χ0v) is 11.8. The van der Waals surface area contributed by atoms with Crippen LogP contribution in [0.5, 0.6) is 5.75 Å². The van der Waals surface area contributed by atoms with Crippen molar-refractivity contribution in [3.8, 4) is 5.75 Å². The lowest BCUT2D eigenvalue weighted by Gasteiger charge is -2.05. The lowest BCUT2D eigenvalue weighted by atomic mass is 10.1. The highest BCUT2D eigenvalue weighted by Crippen LogP contribution is 2.31. The fourth-order valence-electron chi connectivity index (χ4n) is 3.00. The summed E-state index contributed by atoms with van der Waals surface area (Å²) in [5.74, 6) is 0.781. The largest absolute Gasteiger partial charge is 0.497 e. The number of nitrogens with one attached hydrogen (secondary N) is 1. The van der Waals surface area contributed by atoms with Crippen LogP contribution in [0.25, 0.3) is 32.7 Å². The number of aromatic amines is 1. The fourth-order valence-corrected chi connectivity index (χ4v) is 3.00. The second kappa shape index (κ2) is 4.12. The molecule has 2 aromatic heterocycles. The zero-order valence-electron chi connectivity index (χ0n) is 11.8. The van der Waals surface area contributed by atoms with Gasteiger partial charge in [0.15, 0.2) is 0 Å². The van der Waals surface area contributed by atoms with E-state index in [1.165, 1.54) is 0 Å². The van der Waals surface area contributed by atoms with Crippen molar-refractivity contribution in [2.24, 2.45) is 7.05 Å². The summed E-state index contributed by atoms with van der Waals surface area (Å²) in [4.78, 5) is 16.0. The summed E-state index contributed by atoms with van der Waals surface area (Å²) >= 11 is 0. The first-order valence-electron chi connectivity index (χ1n) is 6.78. The Balaban J connectivity index is 2.33. The van der Waals surface area contributed by atoms with Crippen molar-refractivity contribution in [2.75, 3.05) is 7.11 Å².